The second kappa shape index (κ2) is 9.91. The quantitative estimate of drug-likeness (QED) is 0.573. The third-order valence-electron chi connectivity index (χ3n) is 3.63. The van der Waals surface area contributed by atoms with Crippen molar-refractivity contribution in [3.05, 3.63) is 83.9 Å². The predicted molar refractivity (Wildman–Crippen MR) is 99.3 cm³/mol. The highest BCUT2D eigenvalue weighted by molar-refractivity contribution is 5.96. The van der Waals surface area contributed by atoms with Gasteiger partial charge < -0.3 is 14.8 Å². The topological polar surface area (TPSA) is 81.7 Å². The molecule has 0 saturated carbocycles. The molecule has 0 aliphatic rings. The Balaban J connectivity index is 1.89. The summed E-state index contributed by atoms with van der Waals surface area (Å²) in [4.78, 5) is 35.5. The van der Waals surface area contributed by atoms with Gasteiger partial charge in [0.1, 0.15) is 13.2 Å². The number of carbonyl (C=O) groups is 3. The van der Waals surface area contributed by atoms with Gasteiger partial charge in [0.15, 0.2) is 6.10 Å². The molecule has 0 fully saturated rings. The van der Waals surface area contributed by atoms with E-state index in [-0.39, 0.29) is 18.7 Å². The van der Waals surface area contributed by atoms with Gasteiger partial charge in [-0.3, -0.25) is 14.4 Å². The van der Waals surface area contributed by atoms with Crippen molar-refractivity contribution in [2.75, 3.05) is 6.54 Å². The smallest absolute Gasteiger partial charge is 0.325 e. The van der Waals surface area contributed by atoms with Crippen molar-refractivity contribution in [1.29, 1.82) is 0 Å². The van der Waals surface area contributed by atoms with Gasteiger partial charge in [-0.05, 0) is 11.1 Å². The maximum atomic E-state index is 12.3. The highest BCUT2D eigenvalue weighted by Gasteiger charge is 2.24. The lowest BCUT2D eigenvalue weighted by Crippen LogP contribution is -2.33. The molecular formula is C21H21NO5. The third-order valence-corrected chi connectivity index (χ3v) is 3.63. The standard InChI is InChI=1S/C21H21NO5/c1-15(20(27-16(2)23)18-11-7-4-8-12-18)21(25)22-13-19(24)26-14-17-9-5-3-6-10-17/h3-12,20H,1,13-14H2,2H3,(H,22,25). The van der Waals surface area contributed by atoms with Crippen LogP contribution in [0.2, 0.25) is 0 Å². The Morgan fingerprint density at radius 3 is 2.19 bits per heavy atom. The molecule has 0 aromatic heterocycles. The SMILES string of the molecule is C=C(C(=O)NCC(=O)OCc1ccccc1)C(OC(C)=O)c1ccccc1. The Kier molecular flexibility index (Phi) is 7.31. The van der Waals surface area contributed by atoms with Crippen molar-refractivity contribution in [2.45, 2.75) is 19.6 Å². The fourth-order valence-corrected chi connectivity index (χ4v) is 2.31. The van der Waals surface area contributed by atoms with Crippen molar-refractivity contribution >= 4 is 17.8 Å². The molecule has 1 N–H and O–H groups in total. The van der Waals surface area contributed by atoms with E-state index in [4.69, 9.17) is 9.47 Å². The zero-order valence-electron chi connectivity index (χ0n) is 15.0. The summed E-state index contributed by atoms with van der Waals surface area (Å²) in [6.07, 6.45) is -0.927. The van der Waals surface area contributed by atoms with Gasteiger partial charge in [0.05, 0.1) is 5.57 Å². The lowest BCUT2D eigenvalue weighted by Gasteiger charge is -2.19. The van der Waals surface area contributed by atoms with E-state index in [1.165, 1.54) is 6.92 Å². The highest BCUT2D eigenvalue weighted by atomic mass is 16.5. The molecule has 0 aliphatic heterocycles. The predicted octanol–water partition coefficient (Wildman–Crippen LogP) is 2.71. The summed E-state index contributed by atoms with van der Waals surface area (Å²) in [7, 11) is 0. The molecule has 2 aromatic carbocycles. The van der Waals surface area contributed by atoms with Crippen LogP contribution >= 0.6 is 0 Å². The number of hydrogen-bond acceptors (Lipinski definition) is 5. The molecule has 2 aromatic rings. The average molecular weight is 367 g/mol. The van der Waals surface area contributed by atoms with E-state index >= 15 is 0 Å². The first-order chi connectivity index (χ1) is 13.0. The fraction of sp³-hybridized carbons (Fsp3) is 0.190. The Morgan fingerprint density at radius 1 is 1.00 bits per heavy atom. The van der Waals surface area contributed by atoms with Crippen LogP contribution in [0.15, 0.2) is 72.8 Å². The van der Waals surface area contributed by atoms with Crippen molar-refractivity contribution in [3.63, 3.8) is 0 Å². The van der Waals surface area contributed by atoms with Crippen LogP contribution in [-0.4, -0.2) is 24.4 Å². The van der Waals surface area contributed by atoms with Gasteiger partial charge >= 0.3 is 11.9 Å². The van der Waals surface area contributed by atoms with Gasteiger partial charge in [0.25, 0.3) is 5.91 Å². The minimum Gasteiger partial charge on any atom is -0.460 e. The Hall–Kier alpha value is -3.41. The number of rotatable bonds is 8. The monoisotopic (exact) mass is 367 g/mol. The molecule has 0 radical (unpaired) electrons. The number of ether oxygens (including phenoxy) is 2. The van der Waals surface area contributed by atoms with Crippen LogP contribution in [0.4, 0.5) is 0 Å². The number of hydrogen-bond donors (Lipinski definition) is 1. The molecule has 0 spiro atoms. The number of benzene rings is 2. The zero-order valence-corrected chi connectivity index (χ0v) is 15.0. The highest BCUT2D eigenvalue weighted by Crippen LogP contribution is 2.24. The molecule has 0 heterocycles. The Labute approximate surface area is 157 Å². The molecule has 27 heavy (non-hydrogen) atoms. The second-order valence-corrected chi connectivity index (χ2v) is 5.75. The first-order valence-corrected chi connectivity index (χ1v) is 8.36. The molecule has 6 heteroatoms. The van der Waals surface area contributed by atoms with Crippen LogP contribution < -0.4 is 5.32 Å². The minimum absolute atomic E-state index is 0.0206. The van der Waals surface area contributed by atoms with Gasteiger partial charge in [-0.2, -0.15) is 0 Å². The van der Waals surface area contributed by atoms with Crippen molar-refractivity contribution in [2.24, 2.45) is 0 Å². The van der Waals surface area contributed by atoms with Crippen molar-refractivity contribution in [1.82, 2.24) is 5.32 Å². The van der Waals surface area contributed by atoms with E-state index in [2.05, 4.69) is 11.9 Å². The fourth-order valence-electron chi connectivity index (χ4n) is 2.31. The first-order valence-electron chi connectivity index (χ1n) is 8.36. The largest absolute Gasteiger partial charge is 0.460 e. The molecule has 0 aliphatic carbocycles. The summed E-state index contributed by atoms with van der Waals surface area (Å²) in [5.74, 6) is -1.72. The van der Waals surface area contributed by atoms with E-state index < -0.39 is 23.9 Å². The van der Waals surface area contributed by atoms with Crippen LogP contribution in [0.25, 0.3) is 0 Å². The van der Waals surface area contributed by atoms with Crippen LogP contribution in [0.1, 0.15) is 24.2 Å². The molecule has 140 valence electrons. The maximum absolute atomic E-state index is 12.3. The summed E-state index contributed by atoms with van der Waals surface area (Å²) in [5.41, 5.74) is 1.48. The summed E-state index contributed by atoms with van der Waals surface area (Å²) in [6, 6.07) is 18.0. The van der Waals surface area contributed by atoms with Crippen LogP contribution in [0.3, 0.4) is 0 Å². The number of esters is 2. The lowest BCUT2D eigenvalue weighted by molar-refractivity contribution is -0.147. The van der Waals surface area contributed by atoms with Gasteiger partial charge in [0, 0.05) is 6.92 Å². The van der Waals surface area contributed by atoms with E-state index in [1.807, 2.05) is 30.3 Å². The van der Waals surface area contributed by atoms with E-state index in [1.54, 1.807) is 30.3 Å². The summed E-state index contributed by atoms with van der Waals surface area (Å²) < 4.78 is 10.3. The molecule has 2 rings (SSSR count). The number of nitrogens with one attached hydrogen (secondary N) is 1. The normalized spacial score (nSPS) is 11.1. The van der Waals surface area contributed by atoms with Crippen molar-refractivity contribution in [3.8, 4) is 0 Å². The Bertz CT molecular complexity index is 802. The second-order valence-electron chi connectivity index (χ2n) is 5.75. The summed E-state index contributed by atoms with van der Waals surface area (Å²) >= 11 is 0. The molecule has 1 atom stereocenters. The molecule has 1 amide bonds. The van der Waals surface area contributed by atoms with E-state index in [0.717, 1.165) is 5.56 Å². The van der Waals surface area contributed by atoms with Crippen molar-refractivity contribution < 1.29 is 23.9 Å². The summed E-state index contributed by atoms with van der Waals surface area (Å²) in [5, 5.41) is 2.44. The van der Waals surface area contributed by atoms with Crippen LogP contribution in [-0.2, 0) is 30.5 Å². The molecule has 6 nitrogen and oxygen atoms in total. The Morgan fingerprint density at radius 2 is 1.59 bits per heavy atom. The first kappa shape index (κ1) is 19.9. The minimum atomic E-state index is -0.927. The lowest BCUT2D eigenvalue weighted by atomic mass is 10.0. The van der Waals surface area contributed by atoms with Gasteiger partial charge in [0.2, 0.25) is 0 Å². The summed E-state index contributed by atoms with van der Waals surface area (Å²) in [6.45, 7) is 4.77. The average Bonchev–Trinajstić information content (AvgIpc) is 2.69. The molecule has 0 saturated heterocycles. The van der Waals surface area contributed by atoms with Gasteiger partial charge in [-0.25, -0.2) is 0 Å². The van der Waals surface area contributed by atoms with Gasteiger partial charge in [-0.1, -0.05) is 67.2 Å². The van der Waals surface area contributed by atoms with E-state index in [9.17, 15) is 14.4 Å². The van der Waals surface area contributed by atoms with Crippen LogP contribution in [0, 0.1) is 0 Å². The molecule has 1 unspecified atom stereocenters. The molecule has 0 bridgehead atoms. The third kappa shape index (κ3) is 6.43. The molecular weight excluding hydrogens is 346 g/mol. The van der Waals surface area contributed by atoms with E-state index in [0.29, 0.717) is 5.56 Å². The maximum Gasteiger partial charge on any atom is 0.325 e. The number of amides is 1. The number of carbonyl (C=O) groups excluding carboxylic acids is 3. The van der Waals surface area contributed by atoms with Crippen LogP contribution in [0.5, 0.6) is 0 Å². The zero-order chi connectivity index (χ0) is 19.6. The van der Waals surface area contributed by atoms with Gasteiger partial charge in [-0.15, -0.1) is 0 Å².